The maximum Gasteiger partial charge on any atom is 0.417 e. The van der Waals surface area contributed by atoms with Crippen LogP contribution in [0.1, 0.15) is 39.7 Å². The van der Waals surface area contributed by atoms with Crippen LogP contribution in [0, 0.1) is 13.8 Å². The van der Waals surface area contributed by atoms with Gasteiger partial charge in [0.05, 0.1) is 16.8 Å². The van der Waals surface area contributed by atoms with Crippen molar-refractivity contribution < 1.29 is 18.0 Å². The van der Waals surface area contributed by atoms with Gasteiger partial charge in [0.25, 0.3) is 11.5 Å². The number of amides is 1. The quantitative estimate of drug-likeness (QED) is 0.377. The SMILES string of the molecule is CCc1cc(N(C)c2ccc(-c3cnc(C(N)=O)c(C)c3)c(C(F)(F)F)c2)c2cc(C)c(=O)n(C)c2c1. The molecule has 2 aromatic carbocycles. The number of halogens is 3. The minimum absolute atomic E-state index is 0.0149. The molecule has 0 fully saturated rings. The van der Waals surface area contributed by atoms with Crippen LogP contribution in [0.5, 0.6) is 0 Å². The number of carbonyl (C=O) groups is 1. The van der Waals surface area contributed by atoms with Crippen LogP contribution in [-0.4, -0.2) is 22.5 Å². The number of anilines is 2. The average Bonchev–Trinajstić information content (AvgIpc) is 2.85. The first-order chi connectivity index (χ1) is 17.3. The molecule has 0 saturated carbocycles. The summed E-state index contributed by atoms with van der Waals surface area (Å²) in [5.41, 5.74) is 8.15. The highest BCUT2D eigenvalue weighted by atomic mass is 19.4. The van der Waals surface area contributed by atoms with Crippen LogP contribution in [0.25, 0.3) is 22.0 Å². The number of primary amides is 1. The minimum Gasteiger partial charge on any atom is -0.364 e. The van der Waals surface area contributed by atoms with Gasteiger partial charge in [-0.2, -0.15) is 13.2 Å². The molecule has 0 aliphatic heterocycles. The maximum absolute atomic E-state index is 14.3. The molecule has 0 radical (unpaired) electrons. The lowest BCUT2D eigenvalue weighted by atomic mass is 9.97. The Bertz CT molecular complexity index is 1610. The van der Waals surface area contributed by atoms with Gasteiger partial charge in [-0.25, -0.2) is 0 Å². The molecule has 0 saturated heterocycles. The van der Waals surface area contributed by atoms with E-state index in [1.54, 1.807) is 49.5 Å². The monoisotopic (exact) mass is 508 g/mol. The fourth-order valence-electron chi connectivity index (χ4n) is 4.59. The highest BCUT2D eigenvalue weighted by Gasteiger charge is 2.34. The van der Waals surface area contributed by atoms with Crippen LogP contribution < -0.4 is 16.2 Å². The van der Waals surface area contributed by atoms with Crippen LogP contribution >= 0.6 is 0 Å². The summed E-state index contributed by atoms with van der Waals surface area (Å²) in [6.07, 6.45) is -2.72. The number of nitrogens with zero attached hydrogens (tertiary/aromatic N) is 3. The van der Waals surface area contributed by atoms with E-state index < -0.39 is 17.6 Å². The Hall–Kier alpha value is -4.14. The fourth-order valence-corrected chi connectivity index (χ4v) is 4.59. The van der Waals surface area contributed by atoms with E-state index in [4.69, 9.17) is 5.73 Å². The Labute approximate surface area is 212 Å². The summed E-state index contributed by atoms with van der Waals surface area (Å²) in [5.74, 6) is -0.744. The molecule has 4 aromatic rings. The molecule has 2 aromatic heterocycles. The summed E-state index contributed by atoms with van der Waals surface area (Å²) in [4.78, 5) is 29.7. The molecule has 1 amide bonds. The Morgan fingerprint density at radius 2 is 1.78 bits per heavy atom. The average molecular weight is 509 g/mol. The summed E-state index contributed by atoms with van der Waals surface area (Å²) in [7, 11) is 3.40. The molecule has 0 spiro atoms. The Balaban J connectivity index is 1.91. The van der Waals surface area contributed by atoms with Crippen molar-refractivity contribution in [1.82, 2.24) is 9.55 Å². The molecule has 9 heteroatoms. The number of rotatable bonds is 5. The third-order valence-electron chi connectivity index (χ3n) is 6.65. The van der Waals surface area contributed by atoms with Gasteiger partial charge in [-0.3, -0.25) is 14.6 Å². The molecule has 37 heavy (non-hydrogen) atoms. The Morgan fingerprint density at radius 1 is 1.08 bits per heavy atom. The lowest BCUT2D eigenvalue weighted by molar-refractivity contribution is -0.137. The van der Waals surface area contributed by atoms with Gasteiger partial charge in [0.2, 0.25) is 0 Å². The fraction of sp³-hybridized carbons (Fsp3) is 0.250. The van der Waals surface area contributed by atoms with Gasteiger partial charge in [-0.05, 0) is 73.4 Å². The molecular weight excluding hydrogens is 481 g/mol. The molecule has 0 aliphatic carbocycles. The van der Waals surface area contributed by atoms with Gasteiger partial charge < -0.3 is 15.2 Å². The number of hydrogen-bond donors (Lipinski definition) is 1. The topological polar surface area (TPSA) is 81.2 Å². The number of nitrogens with two attached hydrogens (primary N) is 1. The number of fused-ring (bicyclic) bond motifs is 1. The van der Waals surface area contributed by atoms with Crippen LogP contribution in [0.3, 0.4) is 0 Å². The van der Waals surface area contributed by atoms with E-state index >= 15 is 0 Å². The zero-order valence-electron chi connectivity index (χ0n) is 21.2. The predicted molar refractivity (Wildman–Crippen MR) is 139 cm³/mol. The highest BCUT2D eigenvalue weighted by molar-refractivity contribution is 5.96. The van der Waals surface area contributed by atoms with E-state index in [1.807, 2.05) is 19.1 Å². The second-order valence-electron chi connectivity index (χ2n) is 9.13. The van der Waals surface area contributed by atoms with Crippen molar-refractivity contribution in [3.8, 4) is 11.1 Å². The van der Waals surface area contributed by atoms with E-state index in [0.717, 1.165) is 17.0 Å². The third kappa shape index (κ3) is 4.69. The molecular formula is C28H27F3N4O2. The number of pyridine rings is 2. The predicted octanol–water partition coefficient (Wildman–Crippen LogP) is 5.67. The van der Waals surface area contributed by atoms with E-state index in [9.17, 15) is 22.8 Å². The van der Waals surface area contributed by atoms with Crippen molar-refractivity contribution in [2.24, 2.45) is 12.8 Å². The summed E-state index contributed by atoms with van der Waals surface area (Å²) in [6, 6.07) is 11.2. The van der Waals surface area contributed by atoms with E-state index in [-0.39, 0.29) is 22.4 Å². The second kappa shape index (κ2) is 9.38. The van der Waals surface area contributed by atoms with E-state index in [1.165, 1.54) is 18.3 Å². The standard InChI is InChI=1S/C28H27F3N4O2/c1-6-17-11-23(21-10-16(3)27(37)35(5)24(21)12-17)34(4)19-7-8-20(22(13-19)28(29,30)31)18-9-15(2)25(26(32)36)33-14-18/h7-14H,6H2,1-5H3,(H2,32,36). The lowest BCUT2D eigenvalue weighted by Gasteiger charge is -2.25. The molecule has 2 heterocycles. The molecule has 2 N–H and O–H groups in total. The minimum atomic E-state index is -4.64. The van der Waals surface area contributed by atoms with Crippen molar-refractivity contribution >= 4 is 28.2 Å². The third-order valence-corrected chi connectivity index (χ3v) is 6.65. The first kappa shape index (κ1) is 25.9. The van der Waals surface area contributed by atoms with Gasteiger partial charge in [0, 0.05) is 42.5 Å². The molecule has 4 rings (SSSR count). The zero-order valence-corrected chi connectivity index (χ0v) is 21.2. The van der Waals surface area contributed by atoms with Gasteiger partial charge in [0.1, 0.15) is 5.69 Å². The summed E-state index contributed by atoms with van der Waals surface area (Å²) in [6.45, 7) is 5.27. The first-order valence-corrected chi connectivity index (χ1v) is 11.7. The maximum atomic E-state index is 14.3. The summed E-state index contributed by atoms with van der Waals surface area (Å²) >= 11 is 0. The molecule has 0 unspecified atom stereocenters. The normalized spacial score (nSPS) is 11.7. The summed E-state index contributed by atoms with van der Waals surface area (Å²) in [5, 5.41) is 0.763. The largest absolute Gasteiger partial charge is 0.417 e. The molecule has 0 atom stereocenters. The van der Waals surface area contributed by atoms with Crippen molar-refractivity contribution in [1.29, 1.82) is 0 Å². The van der Waals surface area contributed by atoms with Gasteiger partial charge in [0.15, 0.2) is 0 Å². The van der Waals surface area contributed by atoms with Crippen LogP contribution in [0.2, 0.25) is 0 Å². The van der Waals surface area contributed by atoms with Gasteiger partial charge in [-0.1, -0.05) is 13.0 Å². The summed E-state index contributed by atoms with van der Waals surface area (Å²) < 4.78 is 44.3. The van der Waals surface area contributed by atoms with E-state index in [0.29, 0.717) is 34.4 Å². The first-order valence-electron chi connectivity index (χ1n) is 11.7. The van der Waals surface area contributed by atoms with Gasteiger partial charge in [-0.15, -0.1) is 0 Å². The molecule has 192 valence electrons. The van der Waals surface area contributed by atoms with Crippen molar-refractivity contribution in [3.63, 3.8) is 0 Å². The lowest BCUT2D eigenvalue weighted by Crippen LogP contribution is -2.20. The Kier molecular flexibility index (Phi) is 6.58. The van der Waals surface area contributed by atoms with Crippen LogP contribution in [0.15, 0.2) is 53.5 Å². The second-order valence-corrected chi connectivity index (χ2v) is 9.13. The van der Waals surface area contributed by atoms with Crippen molar-refractivity contribution in [3.05, 3.63) is 87.0 Å². The zero-order chi connectivity index (χ0) is 27.2. The number of benzene rings is 2. The smallest absolute Gasteiger partial charge is 0.364 e. The van der Waals surface area contributed by atoms with Gasteiger partial charge >= 0.3 is 6.18 Å². The van der Waals surface area contributed by atoms with Crippen LogP contribution in [0.4, 0.5) is 24.5 Å². The number of carbonyl (C=O) groups excluding carboxylic acids is 1. The van der Waals surface area contributed by atoms with Crippen molar-refractivity contribution in [2.75, 3.05) is 11.9 Å². The molecule has 6 nitrogen and oxygen atoms in total. The number of alkyl halides is 3. The number of hydrogen-bond acceptors (Lipinski definition) is 4. The molecule has 0 aliphatic rings. The number of aromatic nitrogens is 2. The molecule has 0 bridgehead atoms. The van der Waals surface area contributed by atoms with Crippen LogP contribution in [-0.2, 0) is 19.6 Å². The number of aryl methyl sites for hydroxylation is 4. The Morgan fingerprint density at radius 3 is 2.38 bits per heavy atom. The highest BCUT2D eigenvalue weighted by Crippen LogP contribution is 2.41. The van der Waals surface area contributed by atoms with Crippen molar-refractivity contribution in [2.45, 2.75) is 33.4 Å². The van der Waals surface area contributed by atoms with E-state index in [2.05, 4.69) is 4.98 Å².